The Balaban J connectivity index is 1.51. The van der Waals surface area contributed by atoms with Crippen molar-refractivity contribution in [3.05, 3.63) is 65.3 Å². The highest BCUT2D eigenvalue weighted by Crippen LogP contribution is 2.43. The molecule has 2 aromatic heterocycles. The molecule has 3 fully saturated rings. The van der Waals surface area contributed by atoms with Crippen molar-refractivity contribution in [3.63, 3.8) is 0 Å². The monoisotopic (exact) mass is 871 g/mol. The summed E-state index contributed by atoms with van der Waals surface area (Å²) < 4.78 is 38.3. The molecule has 4 N–H and O–H groups in total. The summed E-state index contributed by atoms with van der Waals surface area (Å²) in [5.41, 5.74) is -0.527. The Morgan fingerprint density at radius 1 is 1.10 bits per heavy atom. The third kappa shape index (κ3) is 11.7. The number of cyclic esters (lactones) is 1. The number of carbonyl (C=O) groups is 2. The minimum absolute atomic E-state index is 0.0178. The summed E-state index contributed by atoms with van der Waals surface area (Å²) in [5.74, 6) is -3.31. The summed E-state index contributed by atoms with van der Waals surface area (Å²) >= 11 is 1.56. The zero-order chi connectivity index (χ0) is 44.8. The quantitative estimate of drug-likeness (QED) is 0.174. The van der Waals surface area contributed by atoms with Gasteiger partial charge in [0.1, 0.15) is 24.4 Å². The summed E-state index contributed by atoms with van der Waals surface area (Å²) in [7, 11) is 3.79. The standard InChI is InChI=1S/C46H69N3O11S/c1-12-37-46(9,54)41-29(5)34(17-19-55-44(53)48-23-33-15-16-36(61-33)32-14-13-18-47-22-32)27(3)21-45(8,57-25-26(2)24-56-41)40(30(6)38(50)31(7)42(52)59-37)60-43-39(51)35(49(10)11)20-28(4)58-43/h13-18,22,27-31,35,37-41,43,50-51,54H,2,12,19-21,23-25H2,1,3-11H3,(H,48,53)/b34-17+/t27-,28-,29+,30+,31-,35+,37-,38+,39-,40-,41?,43?,45-,46-/m1/s1. The predicted molar refractivity (Wildman–Crippen MR) is 232 cm³/mol. The Labute approximate surface area is 365 Å². The molecule has 61 heavy (non-hydrogen) atoms. The predicted octanol–water partition coefficient (Wildman–Crippen LogP) is 5.89. The molecule has 2 aromatic rings. The Morgan fingerprint density at radius 2 is 1.84 bits per heavy atom. The first-order chi connectivity index (χ1) is 28.8. The number of aliphatic hydroxyl groups excluding tert-OH is 2. The van der Waals surface area contributed by atoms with Gasteiger partial charge in [-0.25, -0.2) is 4.79 Å². The highest BCUT2D eigenvalue weighted by atomic mass is 32.1. The lowest BCUT2D eigenvalue weighted by Crippen LogP contribution is -2.60. The van der Waals surface area contributed by atoms with Gasteiger partial charge >= 0.3 is 12.1 Å². The third-order valence-corrected chi connectivity index (χ3v) is 13.9. The number of hydrogen-bond acceptors (Lipinski definition) is 14. The average molecular weight is 872 g/mol. The number of rotatable bonds is 9. The van der Waals surface area contributed by atoms with E-state index in [9.17, 15) is 24.9 Å². The highest BCUT2D eigenvalue weighted by molar-refractivity contribution is 7.15. The average Bonchev–Trinajstić information content (AvgIpc) is 3.70. The number of amides is 1. The first-order valence-corrected chi connectivity index (χ1v) is 22.4. The molecule has 5 heterocycles. The molecule has 15 heteroatoms. The maximum Gasteiger partial charge on any atom is 0.407 e. The van der Waals surface area contributed by atoms with Gasteiger partial charge in [-0.3, -0.25) is 9.78 Å². The van der Waals surface area contributed by atoms with Crippen LogP contribution in [-0.4, -0.2) is 131 Å². The van der Waals surface area contributed by atoms with Crippen LogP contribution in [0.5, 0.6) is 0 Å². The van der Waals surface area contributed by atoms with Crippen molar-refractivity contribution in [2.24, 2.45) is 23.7 Å². The van der Waals surface area contributed by atoms with Crippen molar-refractivity contribution in [2.45, 2.75) is 141 Å². The number of carbonyl (C=O) groups excluding carboxylic acids is 2. The van der Waals surface area contributed by atoms with E-state index in [4.69, 9.17) is 28.4 Å². The van der Waals surface area contributed by atoms with Crippen LogP contribution in [0.1, 0.15) is 79.5 Å². The number of aliphatic hydroxyl groups is 3. The molecule has 3 saturated heterocycles. The highest BCUT2D eigenvalue weighted by Gasteiger charge is 2.52. The fourth-order valence-corrected chi connectivity index (χ4v) is 10.3. The van der Waals surface area contributed by atoms with Gasteiger partial charge in [-0.15, -0.1) is 11.3 Å². The van der Waals surface area contributed by atoms with Crippen LogP contribution in [0, 0.1) is 23.7 Å². The number of ether oxygens (including phenoxy) is 6. The van der Waals surface area contributed by atoms with Crippen LogP contribution >= 0.6 is 11.3 Å². The number of esters is 1. The molecular weight excluding hydrogens is 803 g/mol. The van der Waals surface area contributed by atoms with E-state index < -0.39 is 77.8 Å². The molecule has 14 atom stereocenters. The number of nitrogens with zero attached hydrogens (tertiary/aromatic N) is 2. The van der Waals surface area contributed by atoms with Crippen LogP contribution in [0.2, 0.25) is 0 Å². The molecule has 0 aromatic carbocycles. The number of likely N-dealkylation sites (N-methyl/N-ethyl adjacent to an activating group) is 1. The summed E-state index contributed by atoms with van der Waals surface area (Å²) in [5, 5.41) is 39.0. The number of thiophene rings is 1. The Bertz CT molecular complexity index is 1810. The number of nitrogens with one attached hydrogen (secondary N) is 1. The number of aromatic nitrogens is 1. The van der Waals surface area contributed by atoms with E-state index >= 15 is 0 Å². The molecule has 0 saturated carbocycles. The summed E-state index contributed by atoms with van der Waals surface area (Å²) in [6.45, 7) is 19.1. The van der Waals surface area contributed by atoms with Crippen LogP contribution in [-0.2, 0) is 39.8 Å². The lowest BCUT2D eigenvalue weighted by atomic mass is 9.72. The molecule has 3 aliphatic heterocycles. The maximum atomic E-state index is 13.9. The van der Waals surface area contributed by atoms with Crippen LogP contribution in [0.15, 0.2) is 60.5 Å². The summed E-state index contributed by atoms with van der Waals surface area (Å²) in [6.07, 6.45) is -0.632. The Hall–Kier alpha value is -3.25. The van der Waals surface area contributed by atoms with Crippen molar-refractivity contribution >= 4 is 23.4 Å². The first kappa shape index (κ1) is 48.8. The van der Waals surface area contributed by atoms with Gasteiger partial charge in [0.15, 0.2) is 6.29 Å². The van der Waals surface area contributed by atoms with E-state index in [1.165, 1.54) is 0 Å². The van der Waals surface area contributed by atoms with Crippen molar-refractivity contribution in [1.29, 1.82) is 0 Å². The second-order valence-electron chi connectivity index (χ2n) is 18.0. The first-order valence-electron chi connectivity index (χ1n) is 21.5. The zero-order valence-electron chi connectivity index (χ0n) is 37.5. The third-order valence-electron chi connectivity index (χ3n) is 12.8. The van der Waals surface area contributed by atoms with Gasteiger partial charge in [0.05, 0.1) is 55.7 Å². The fourth-order valence-electron chi connectivity index (χ4n) is 9.33. The molecule has 0 aliphatic carbocycles. The van der Waals surface area contributed by atoms with Gasteiger partial charge < -0.3 is 54.0 Å². The van der Waals surface area contributed by atoms with Crippen molar-refractivity contribution in [3.8, 4) is 10.4 Å². The molecule has 2 unspecified atom stereocenters. The maximum absolute atomic E-state index is 13.9. The Morgan fingerprint density at radius 3 is 2.51 bits per heavy atom. The lowest BCUT2D eigenvalue weighted by Gasteiger charge is -2.48. The van der Waals surface area contributed by atoms with E-state index in [1.54, 1.807) is 44.5 Å². The molecule has 0 radical (unpaired) electrons. The minimum Gasteiger partial charge on any atom is -0.459 e. The largest absolute Gasteiger partial charge is 0.459 e. The molecular formula is C46H69N3O11S. The normalized spacial score (nSPS) is 37.6. The van der Waals surface area contributed by atoms with E-state index in [-0.39, 0.29) is 50.8 Å². The van der Waals surface area contributed by atoms with E-state index in [1.807, 2.05) is 84.0 Å². The van der Waals surface area contributed by atoms with Crippen molar-refractivity contribution < 1.29 is 53.3 Å². The van der Waals surface area contributed by atoms with E-state index in [2.05, 4.69) is 16.9 Å². The number of hydrogen-bond donors (Lipinski definition) is 4. The van der Waals surface area contributed by atoms with E-state index in [0.717, 1.165) is 20.9 Å². The fraction of sp³-hybridized carbons (Fsp3) is 0.674. The van der Waals surface area contributed by atoms with Crippen LogP contribution in [0.3, 0.4) is 0 Å². The number of alkyl carbamates (subject to hydrolysis) is 1. The molecule has 14 nitrogen and oxygen atoms in total. The van der Waals surface area contributed by atoms with Crippen LogP contribution < -0.4 is 5.32 Å². The topological polar surface area (TPSA) is 178 Å². The summed E-state index contributed by atoms with van der Waals surface area (Å²) in [4.78, 5) is 35.2. The van der Waals surface area contributed by atoms with Crippen molar-refractivity contribution in [2.75, 3.05) is 33.9 Å². The summed E-state index contributed by atoms with van der Waals surface area (Å²) in [6, 6.07) is 7.55. The number of pyridine rings is 1. The van der Waals surface area contributed by atoms with Gasteiger partial charge in [0.2, 0.25) is 0 Å². The van der Waals surface area contributed by atoms with Gasteiger partial charge in [0, 0.05) is 45.6 Å². The second-order valence-corrected chi connectivity index (χ2v) is 19.1. The van der Waals surface area contributed by atoms with Gasteiger partial charge in [-0.05, 0) is 96.8 Å². The van der Waals surface area contributed by atoms with Crippen LogP contribution in [0.25, 0.3) is 10.4 Å². The Kier molecular flexibility index (Phi) is 16.8. The van der Waals surface area contributed by atoms with Crippen molar-refractivity contribution in [1.82, 2.24) is 15.2 Å². The lowest BCUT2D eigenvalue weighted by molar-refractivity contribution is -0.303. The van der Waals surface area contributed by atoms with E-state index in [0.29, 0.717) is 18.4 Å². The molecule has 340 valence electrons. The minimum atomic E-state index is -1.71. The van der Waals surface area contributed by atoms with Crippen LogP contribution in [0.4, 0.5) is 4.79 Å². The zero-order valence-corrected chi connectivity index (χ0v) is 38.4. The molecule has 0 spiro atoms. The van der Waals surface area contributed by atoms with Gasteiger partial charge in [-0.2, -0.15) is 0 Å². The van der Waals surface area contributed by atoms with Gasteiger partial charge in [0.25, 0.3) is 0 Å². The SMILES string of the molecule is C=C1COC2[C@@H](C)/C(=C/COC(=O)NCc3ccc(-c4cccnc4)s3)[C@H](C)C[C@@](C)(OC1)[C@H](OC1O[C@H](C)C[C@H](N(C)C)[C@H]1O)[C@@H](C)[C@H](O)[C@@H](C)C(=O)O[C@H](CC)[C@@]2(C)O. The molecule has 3 aliphatic rings. The number of fused-ring (bicyclic) bond motifs is 5. The second kappa shape index (κ2) is 21.0. The molecule has 1 amide bonds. The molecule has 5 rings (SSSR count). The molecule has 2 bridgehead atoms. The van der Waals surface area contributed by atoms with Gasteiger partial charge in [-0.1, -0.05) is 45.9 Å². The smallest absolute Gasteiger partial charge is 0.407 e.